The van der Waals surface area contributed by atoms with Gasteiger partial charge in [0.15, 0.2) is 4.93 Å². The van der Waals surface area contributed by atoms with Gasteiger partial charge in [0.1, 0.15) is 12.0 Å². The SMILES string of the molecule is CC1(C)Oc2c(CCC=O)cccc2S1. The highest BCUT2D eigenvalue weighted by atomic mass is 32.2. The Morgan fingerprint density at radius 3 is 3.00 bits per heavy atom. The van der Waals surface area contributed by atoms with Crippen LogP contribution >= 0.6 is 11.8 Å². The second-order valence-corrected chi connectivity index (χ2v) is 5.68. The predicted octanol–water partition coefficient (Wildman–Crippen LogP) is 3.04. The van der Waals surface area contributed by atoms with E-state index in [4.69, 9.17) is 4.74 Å². The number of thioether (sulfide) groups is 1. The first kappa shape index (κ1) is 10.6. The Hall–Kier alpha value is -0.960. The molecule has 0 saturated heterocycles. The van der Waals surface area contributed by atoms with Crippen molar-refractivity contribution < 1.29 is 9.53 Å². The molecule has 80 valence electrons. The minimum Gasteiger partial charge on any atom is -0.475 e. The summed E-state index contributed by atoms with van der Waals surface area (Å²) < 4.78 is 5.87. The molecule has 1 aromatic carbocycles. The largest absolute Gasteiger partial charge is 0.475 e. The molecule has 0 radical (unpaired) electrons. The van der Waals surface area contributed by atoms with E-state index in [1.807, 2.05) is 12.1 Å². The van der Waals surface area contributed by atoms with Crippen LogP contribution in [-0.4, -0.2) is 11.2 Å². The van der Waals surface area contributed by atoms with Gasteiger partial charge in [-0.3, -0.25) is 0 Å². The Morgan fingerprint density at radius 2 is 2.27 bits per heavy atom. The summed E-state index contributed by atoms with van der Waals surface area (Å²) in [6.07, 6.45) is 2.28. The number of fused-ring (bicyclic) bond motifs is 1. The zero-order valence-corrected chi connectivity index (χ0v) is 9.76. The average molecular weight is 222 g/mol. The van der Waals surface area contributed by atoms with Crippen molar-refractivity contribution in [3.63, 3.8) is 0 Å². The topological polar surface area (TPSA) is 26.3 Å². The van der Waals surface area contributed by atoms with Crippen LogP contribution in [0.4, 0.5) is 0 Å². The van der Waals surface area contributed by atoms with Crippen molar-refractivity contribution in [3.8, 4) is 5.75 Å². The highest BCUT2D eigenvalue weighted by molar-refractivity contribution is 8.00. The van der Waals surface area contributed by atoms with E-state index in [1.165, 1.54) is 4.90 Å². The van der Waals surface area contributed by atoms with Gasteiger partial charge in [-0.2, -0.15) is 0 Å². The quantitative estimate of drug-likeness (QED) is 0.735. The molecule has 0 aliphatic carbocycles. The Balaban J connectivity index is 2.29. The second-order valence-electron chi connectivity index (χ2n) is 4.05. The number of aryl methyl sites for hydroxylation is 1. The van der Waals surface area contributed by atoms with Crippen LogP contribution in [0.2, 0.25) is 0 Å². The molecule has 0 atom stereocenters. The summed E-state index contributed by atoms with van der Waals surface area (Å²) in [7, 11) is 0. The zero-order chi connectivity index (χ0) is 10.9. The molecule has 2 rings (SSSR count). The number of para-hydroxylation sites is 1. The maximum absolute atomic E-state index is 10.4. The molecular weight excluding hydrogens is 208 g/mol. The average Bonchev–Trinajstić information content (AvgIpc) is 2.49. The number of benzene rings is 1. The third-order valence-corrected chi connectivity index (χ3v) is 3.41. The van der Waals surface area contributed by atoms with Gasteiger partial charge in [0.05, 0.1) is 4.90 Å². The van der Waals surface area contributed by atoms with Gasteiger partial charge < -0.3 is 9.53 Å². The van der Waals surface area contributed by atoms with Crippen molar-refractivity contribution >= 4 is 18.0 Å². The molecule has 0 N–H and O–H groups in total. The number of rotatable bonds is 3. The fraction of sp³-hybridized carbons (Fsp3) is 0.417. The fourth-order valence-electron chi connectivity index (χ4n) is 1.70. The third kappa shape index (κ3) is 2.17. The van der Waals surface area contributed by atoms with Crippen LogP contribution in [0.1, 0.15) is 25.8 Å². The van der Waals surface area contributed by atoms with Crippen molar-refractivity contribution in [3.05, 3.63) is 23.8 Å². The Morgan fingerprint density at radius 1 is 1.47 bits per heavy atom. The zero-order valence-electron chi connectivity index (χ0n) is 8.95. The summed E-state index contributed by atoms with van der Waals surface area (Å²) in [5.74, 6) is 0.967. The van der Waals surface area contributed by atoms with Crippen LogP contribution < -0.4 is 4.74 Å². The van der Waals surface area contributed by atoms with Crippen molar-refractivity contribution in [2.24, 2.45) is 0 Å². The van der Waals surface area contributed by atoms with Crippen LogP contribution in [0.15, 0.2) is 23.1 Å². The van der Waals surface area contributed by atoms with Crippen LogP contribution in [0, 0.1) is 0 Å². The van der Waals surface area contributed by atoms with E-state index in [2.05, 4.69) is 19.9 Å². The van der Waals surface area contributed by atoms with Gasteiger partial charge in [0.25, 0.3) is 0 Å². The van der Waals surface area contributed by atoms with E-state index in [9.17, 15) is 4.79 Å². The molecule has 15 heavy (non-hydrogen) atoms. The number of aldehydes is 1. The Bertz CT molecular complexity index is 385. The summed E-state index contributed by atoms with van der Waals surface area (Å²) in [6, 6.07) is 6.13. The second kappa shape index (κ2) is 3.89. The van der Waals surface area contributed by atoms with E-state index >= 15 is 0 Å². The molecule has 0 unspecified atom stereocenters. The molecule has 0 amide bonds. The molecule has 2 nitrogen and oxygen atoms in total. The minimum absolute atomic E-state index is 0.181. The van der Waals surface area contributed by atoms with Gasteiger partial charge in [-0.05, 0) is 31.9 Å². The molecule has 0 aromatic heterocycles. The highest BCUT2D eigenvalue weighted by Crippen LogP contribution is 2.48. The molecule has 1 aromatic rings. The Labute approximate surface area is 94.0 Å². The van der Waals surface area contributed by atoms with E-state index in [0.29, 0.717) is 6.42 Å². The van der Waals surface area contributed by atoms with Gasteiger partial charge in [-0.25, -0.2) is 0 Å². The maximum Gasteiger partial charge on any atom is 0.153 e. The molecule has 0 bridgehead atoms. The summed E-state index contributed by atoms with van der Waals surface area (Å²) in [6.45, 7) is 4.11. The van der Waals surface area contributed by atoms with Crippen molar-refractivity contribution in [2.75, 3.05) is 0 Å². The lowest BCUT2D eigenvalue weighted by molar-refractivity contribution is -0.107. The van der Waals surface area contributed by atoms with Crippen LogP contribution in [-0.2, 0) is 11.2 Å². The molecular formula is C12H14O2S. The van der Waals surface area contributed by atoms with Gasteiger partial charge in [-0.15, -0.1) is 0 Å². The Kier molecular flexibility index (Phi) is 2.74. The highest BCUT2D eigenvalue weighted by Gasteiger charge is 2.32. The van der Waals surface area contributed by atoms with E-state index in [1.54, 1.807) is 11.8 Å². The lowest BCUT2D eigenvalue weighted by Crippen LogP contribution is -2.18. The minimum atomic E-state index is -0.181. The van der Waals surface area contributed by atoms with Gasteiger partial charge in [0, 0.05) is 6.42 Å². The molecule has 0 saturated carbocycles. The van der Waals surface area contributed by atoms with Gasteiger partial charge >= 0.3 is 0 Å². The van der Waals surface area contributed by atoms with Crippen molar-refractivity contribution in [1.82, 2.24) is 0 Å². The summed E-state index contributed by atoms with van der Waals surface area (Å²) >= 11 is 1.73. The summed E-state index contributed by atoms with van der Waals surface area (Å²) in [4.78, 5) is 11.4. The lowest BCUT2D eigenvalue weighted by atomic mass is 10.1. The van der Waals surface area contributed by atoms with E-state index in [-0.39, 0.29) is 4.93 Å². The number of ether oxygens (including phenoxy) is 1. The number of carbonyl (C=O) groups is 1. The normalized spacial score (nSPS) is 16.9. The van der Waals surface area contributed by atoms with Gasteiger partial charge in [0.2, 0.25) is 0 Å². The van der Waals surface area contributed by atoms with Crippen LogP contribution in [0.5, 0.6) is 5.75 Å². The van der Waals surface area contributed by atoms with Crippen LogP contribution in [0.25, 0.3) is 0 Å². The number of hydrogen-bond acceptors (Lipinski definition) is 3. The third-order valence-electron chi connectivity index (χ3n) is 2.30. The number of hydrogen-bond donors (Lipinski definition) is 0. The predicted molar refractivity (Wildman–Crippen MR) is 61.4 cm³/mol. The monoisotopic (exact) mass is 222 g/mol. The van der Waals surface area contributed by atoms with Gasteiger partial charge in [-0.1, -0.05) is 23.9 Å². The first-order valence-electron chi connectivity index (χ1n) is 5.06. The maximum atomic E-state index is 10.4. The molecule has 0 fully saturated rings. The molecule has 3 heteroatoms. The van der Waals surface area contributed by atoms with E-state index in [0.717, 1.165) is 24.0 Å². The standard InChI is InChI=1S/C12H14O2S/c1-12(2)14-11-9(6-4-8-13)5-3-7-10(11)15-12/h3,5,7-8H,4,6H2,1-2H3. The first-order valence-corrected chi connectivity index (χ1v) is 5.87. The molecule has 1 aliphatic heterocycles. The molecule has 0 spiro atoms. The fourth-order valence-corrected chi connectivity index (χ4v) is 2.77. The lowest BCUT2D eigenvalue weighted by Gasteiger charge is -2.16. The summed E-state index contributed by atoms with van der Waals surface area (Å²) in [5.41, 5.74) is 1.14. The molecule has 1 heterocycles. The first-order chi connectivity index (χ1) is 7.12. The van der Waals surface area contributed by atoms with E-state index < -0.39 is 0 Å². The van der Waals surface area contributed by atoms with Crippen molar-refractivity contribution in [1.29, 1.82) is 0 Å². The number of carbonyl (C=O) groups excluding carboxylic acids is 1. The smallest absolute Gasteiger partial charge is 0.153 e. The van der Waals surface area contributed by atoms with Crippen molar-refractivity contribution in [2.45, 2.75) is 36.5 Å². The molecule has 1 aliphatic rings. The summed E-state index contributed by atoms with van der Waals surface area (Å²) in [5, 5.41) is 0. The van der Waals surface area contributed by atoms with Crippen LogP contribution in [0.3, 0.4) is 0 Å².